The van der Waals surface area contributed by atoms with Gasteiger partial charge < -0.3 is 14.3 Å². The van der Waals surface area contributed by atoms with Gasteiger partial charge in [-0.15, -0.1) is 0 Å². The minimum atomic E-state index is -0.0637. The predicted octanol–water partition coefficient (Wildman–Crippen LogP) is 3.52. The maximum atomic E-state index is 6.02. The minimum absolute atomic E-state index is 0.0637. The molecule has 0 aliphatic heterocycles. The number of aromatic nitrogens is 2. The molecular formula is C15H16ClN3O. The number of benzene rings is 1. The fourth-order valence-electron chi connectivity index (χ4n) is 2.36. The van der Waals surface area contributed by atoms with E-state index in [4.69, 9.17) is 16.0 Å². The van der Waals surface area contributed by atoms with E-state index in [0.29, 0.717) is 5.02 Å². The van der Waals surface area contributed by atoms with E-state index >= 15 is 0 Å². The van der Waals surface area contributed by atoms with Crippen LogP contribution >= 0.6 is 11.6 Å². The van der Waals surface area contributed by atoms with Crippen LogP contribution in [0.2, 0.25) is 5.02 Å². The Morgan fingerprint density at radius 2 is 2.25 bits per heavy atom. The third-order valence-electron chi connectivity index (χ3n) is 3.31. The van der Waals surface area contributed by atoms with Crippen LogP contribution in [-0.4, -0.2) is 16.1 Å². The molecule has 1 unspecified atom stereocenters. The van der Waals surface area contributed by atoms with Gasteiger partial charge in [-0.1, -0.05) is 18.5 Å². The van der Waals surface area contributed by atoms with E-state index < -0.39 is 0 Å². The number of furan rings is 1. The summed E-state index contributed by atoms with van der Waals surface area (Å²) < 4.78 is 7.94. The smallest absolute Gasteiger partial charge is 0.134 e. The summed E-state index contributed by atoms with van der Waals surface area (Å²) >= 11 is 6.02. The number of imidazole rings is 1. The summed E-state index contributed by atoms with van der Waals surface area (Å²) in [5, 5.41) is 5.12. The highest BCUT2D eigenvalue weighted by atomic mass is 35.5. The van der Waals surface area contributed by atoms with Crippen LogP contribution in [0.25, 0.3) is 11.0 Å². The number of rotatable bonds is 4. The monoisotopic (exact) mass is 289 g/mol. The molecule has 0 aliphatic carbocycles. The Labute approximate surface area is 122 Å². The summed E-state index contributed by atoms with van der Waals surface area (Å²) in [4.78, 5) is 4.41. The molecule has 0 aliphatic rings. The van der Waals surface area contributed by atoms with Gasteiger partial charge in [0, 0.05) is 29.9 Å². The Morgan fingerprint density at radius 3 is 2.95 bits per heavy atom. The summed E-state index contributed by atoms with van der Waals surface area (Å²) in [5.74, 6) is 1.77. The molecule has 104 valence electrons. The fourth-order valence-corrected chi connectivity index (χ4v) is 2.54. The summed E-state index contributed by atoms with van der Waals surface area (Å²) in [6.45, 7) is 2.89. The van der Waals surface area contributed by atoms with Gasteiger partial charge in [-0.3, -0.25) is 0 Å². The SMILES string of the molecule is CCNC(c1cc2cc(Cl)ccc2o1)c1nccn1C. The van der Waals surface area contributed by atoms with Crippen molar-refractivity contribution in [1.29, 1.82) is 0 Å². The quantitative estimate of drug-likeness (QED) is 0.799. The van der Waals surface area contributed by atoms with Crippen molar-refractivity contribution >= 4 is 22.6 Å². The summed E-state index contributed by atoms with van der Waals surface area (Å²) in [6.07, 6.45) is 3.72. The van der Waals surface area contributed by atoms with Crippen LogP contribution in [0.3, 0.4) is 0 Å². The average Bonchev–Trinajstić information content (AvgIpc) is 3.01. The number of hydrogen-bond acceptors (Lipinski definition) is 3. The van der Waals surface area contributed by atoms with Gasteiger partial charge in [-0.2, -0.15) is 0 Å². The second-order valence-electron chi connectivity index (χ2n) is 4.72. The van der Waals surface area contributed by atoms with Crippen molar-refractivity contribution < 1.29 is 4.42 Å². The van der Waals surface area contributed by atoms with E-state index in [1.807, 2.05) is 42.1 Å². The number of halogens is 1. The van der Waals surface area contributed by atoms with Crippen LogP contribution in [0.4, 0.5) is 0 Å². The molecule has 1 atom stereocenters. The Hall–Kier alpha value is -1.78. The lowest BCUT2D eigenvalue weighted by atomic mass is 10.2. The second-order valence-corrected chi connectivity index (χ2v) is 5.15. The first-order valence-electron chi connectivity index (χ1n) is 6.58. The van der Waals surface area contributed by atoms with Crippen molar-refractivity contribution in [3.63, 3.8) is 0 Å². The molecular weight excluding hydrogens is 274 g/mol. The number of hydrogen-bond donors (Lipinski definition) is 1. The Morgan fingerprint density at radius 1 is 1.40 bits per heavy atom. The minimum Gasteiger partial charge on any atom is -0.459 e. The molecule has 0 saturated carbocycles. The molecule has 3 rings (SSSR count). The molecule has 0 spiro atoms. The zero-order valence-corrected chi connectivity index (χ0v) is 12.2. The summed E-state index contributed by atoms with van der Waals surface area (Å²) in [5.41, 5.74) is 0.835. The zero-order valence-electron chi connectivity index (χ0n) is 11.4. The standard InChI is InChI=1S/C15H16ClN3O/c1-3-17-14(15-18-6-7-19(15)2)13-9-10-8-11(16)4-5-12(10)20-13/h4-9,14,17H,3H2,1-2H3. The molecule has 0 radical (unpaired) electrons. The molecule has 1 N–H and O–H groups in total. The van der Waals surface area contributed by atoms with Crippen LogP contribution in [-0.2, 0) is 7.05 Å². The van der Waals surface area contributed by atoms with Gasteiger partial charge in [-0.25, -0.2) is 4.98 Å². The third kappa shape index (κ3) is 2.32. The van der Waals surface area contributed by atoms with Crippen molar-refractivity contribution in [2.45, 2.75) is 13.0 Å². The van der Waals surface area contributed by atoms with Crippen LogP contribution in [0.1, 0.15) is 24.6 Å². The first-order valence-corrected chi connectivity index (χ1v) is 6.96. The maximum Gasteiger partial charge on any atom is 0.134 e. The fraction of sp³-hybridized carbons (Fsp3) is 0.267. The lowest BCUT2D eigenvalue weighted by molar-refractivity contribution is 0.457. The maximum absolute atomic E-state index is 6.02. The lowest BCUT2D eigenvalue weighted by Crippen LogP contribution is -2.24. The Bertz CT molecular complexity index is 732. The Balaban J connectivity index is 2.07. The van der Waals surface area contributed by atoms with Crippen molar-refractivity contribution in [1.82, 2.24) is 14.9 Å². The van der Waals surface area contributed by atoms with Gasteiger partial charge in [-0.05, 0) is 30.8 Å². The van der Waals surface area contributed by atoms with E-state index in [-0.39, 0.29) is 6.04 Å². The van der Waals surface area contributed by atoms with Crippen LogP contribution in [0.15, 0.2) is 41.1 Å². The highest BCUT2D eigenvalue weighted by Crippen LogP contribution is 2.29. The highest BCUT2D eigenvalue weighted by molar-refractivity contribution is 6.31. The first kappa shape index (κ1) is 13.2. The number of aryl methyl sites for hydroxylation is 1. The molecule has 20 heavy (non-hydrogen) atoms. The van der Waals surface area contributed by atoms with E-state index in [1.165, 1.54) is 0 Å². The first-order chi connectivity index (χ1) is 9.69. The summed E-state index contributed by atoms with van der Waals surface area (Å²) in [6, 6.07) is 7.59. The topological polar surface area (TPSA) is 43.0 Å². The molecule has 0 amide bonds. The van der Waals surface area contributed by atoms with Crippen molar-refractivity contribution in [3.8, 4) is 0 Å². The second kappa shape index (κ2) is 5.31. The van der Waals surface area contributed by atoms with Crippen LogP contribution in [0, 0.1) is 0 Å². The van der Waals surface area contributed by atoms with Gasteiger partial charge >= 0.3 is 0 Å². The molecule has 2 heterocycles. The number of nitrogens with zero attached hydrogens (tertiary/aromatic N) is 2. The normalized spacial score (nSPS) is 12.9. The molecule has 0 bridgehead atoms. The van der Waals surface area contributed by atoms with E-state index in [2.05, 4.69) is 17.2 Å². The lowest BCUT2D eigenvalue weighted by Gasteiger charge is -2.15. The van der Waals surface area contributed by atoms with E-state index in [1.54, 1.807) is 6.20 Å². The van der Waals surface area contributed by atoms with Crippen molar-refractivity contribution in [3.05, 3.63) is 53.3 Å². The molecule has 4 nitrogen and oxygen atoms in total. The van der Waals surface area contributed by atoms with Crippen molar-refractivity contribution in [2.24, 2.45) is 7.05 Å². The molecule has 2 aromatic heterocycles. The Kier molecular flexibility index (Phi) is 3.51. The van der Waals surface area contributed by atoms with Gasteiger partial charge in [0.15, 0.2) is 0 Å². The highest BCUT2D eigenvalue weighted by Gasteiger charge is 2.21. The van der Waals surface area contributed by atoms with E-state index in [9.17, 15) is 0 Å². The van der Waals surface area contributed by atoms with Gasteiger partial charge in [0.2, 0.25) is 0 Å². The largest absolute Gasteiger partial charge is 0.459 e. The molecule has 5 heteroatoms. The number of nitrogens with one attached hydrogen (secondary N) is 1. The average molecular weight is 290 g/mol. The molecule has 1 aromatic carbocycles. The third-order valence-corrected chi connectivity index (χ3v) is 3.54. The molecule has 0 fully saturated rings. The van der Waals surface area contributed by atoms with Gasteiger partial charge in [0.25, 0.3) is 0 Å². The van der Waals surface area contributed by atoms with E-state index in [0.717, 1.165) is 29.1 Å². The van der Waals surface area contributed by atoms with Crippen LogP contribution < -0.4 is 5.32 Å². The van der Waals surface area contributed by atoms with Gasteiger partial charge in [0.1, 0.15) is 23.2 Å². The summed E-state index contributed by atoms with van der Waals surface area (Å²) in [7, 11) is 1.98. The molecule has 3 aromatic rings. The molecule has 0 saturated heterocycles. The number of fused-ring (bicyclic) bond motifs is 1. The zero-order chi connectivity index (χ0) is 14.1. The van der Waals surface area contributed by atoms with Gasteiger partial charge in [0.05, 0.1) is 0 Å². The van der Waals surface area contributed by atoms with Crippen LogP contribution in [0.5, 0.6) is 0 Å². The van der Waals surface area contributed by atoms with Crippen molar-refractivity contribution in [2.75, 3.05) is 6.54 Å². The predicted molar refractivity (Wildman–Crippen MR) is 80.0 cm³/mol.